The Morgan fingerprint density at radius 1 is 0.917 bits per heavy atom. The fraction of sp³-hybridized carbons (Fsp3) is 0.368. The van der Waals surface area contributed by atoms with Gasteiger partial charge in [-0.2, -0.15) is 12.7 Å². The Bertz CT molecular complexity index is 676. The first-order valence-electron chi connectivity index (χ1n) is 8.24. The van der Waals surface area contributed by atoms with Gasteiger partial charge in [-0.05, 0) is 31.4 Å². The van der Waals surface area contributed by atoms with Gasteiger partial charge < -0.3 is 0 Å². The van der Waals surface area contributed by atoms with Crippen molar-refractivity contribution in [2.24, 2.45) is 0 Å². The molecule has 5 heteroatoms. The highest BCUT2D eigenvalue weighted by Gasteiger charge is 2.21. The molecule has 0 amide bonds. The van der Waals surface area contributed by atoms with Crippen LogP contribution in [0.3, 0.4) is 0 Å². The summed E-state index contributed by atoms with van der Waals surface area (Å²) in [5.74, 6) is 0.166. The molecule has 1 N–H and O–H groups in total. The van der Waals surface area contributed by atoms with Crippen molar-refractivity contribution < 1.29 is 8.42 Å². The van der Waals surface area contributed by atoms with Gasteiger partial charge in [0.1, 0.15) is 0 Å². The Kier molecular flexibility index (Phi) is 6.54. The maximum atomic E-state index is 12.2. The highest BCUT2D eigenvalue weighted by Crippen LogP contribution is 2.27. The van der Waals surface area contributed by atoms with Gasteiger partial charge in [-0.25, -0.2) is 4.72 Å². The van der Waals surface area contributed by atoms with Crippen LogP contribution in [0.2, 0.25) is 0 Å². The van der Waals surface area contributed by atoms with Crippen LogP contribution in [0.4, 0.5) is 0 Å². The third-order valence-corrected chi connectivity index (χ3v) is 5.98. The molecule has 0 spiro atoms. The van der Waals surface area contributed by atoms with Gasteiger partial charge >= 0.3 is 0 Å². The molecule has 0 aliphatic heterocycles. The van der Waals surface area contributed by atoms with Gasteiger partial charge in [0.25, 0.3) is 10.2 Å². The molecule has 0 saturated heterocycles. The van der Waals surface area contributed by atoms with E-state index < -0.39 is 10.2 Å². The lowest BCUT2D eigenvalue weighted by Gasteiger charge is -2.23. The lowest BCUT2D eigenvalue weighted by Crippen LogP contribution is -2.42. The van der Waals surface area contributed by atoms with Gasteiger partial charge in [0.05, 0.1) is 0 Å². The number of hydrogen-bond acceptors (Lipinski definition) is 2. The summed E-state index contributed by atoms with van der Waals surface area (Å²) in [4.78, 5) is 0. The highest BCUT2D eigenvalue weighted by molar-refractivity contribution is 7.87. The van der Waals surface area contributed by atoms with Crippen LogP contribution in [-0.2, 0) is 10.2 Å². The Labute approximate surface area is 145 Å². The smallest absolute Gasteiger partial charge is 0.202 e. The number of benzene rings is 2. The maximum Gasteiger partial charge on any atom is 0.279 e. The average Bonchev–Trinajstić information content (AvgIpc) is 2.59. The zero-order chi connectivity index (χ0) is 17.6. The number of nitrogens with one attached hydrogen (secondary N) is 1. The molecule has 0 unspecified atom stereocenters. The molecule has 2 rings (SSSR count). The Morgan fingerprint density at radius 2 is 1.38 bits per heavy atom. The van der Waals surface area contributed by atoms with E-state index in [0.29, 0.717) is 13.0 Å². The summed E-state index contributed by atoms with van der Waals surface area (Å²) in [5, 5.41) is 0. The number of nitrogens with zero attached hydrogens (tertiary/aromatic N) is 1. The van der Waals surface area contributed by atoms with Crippen LogP contribution in [-0.4, -0.2) is 32.4 Å². The summed E-state index contributed by atoms with van der Waals surface area (Å²) in [6.07, 6.45) is 0.708. The van der Waals surface area contributed by atoms with Gasteiger partial charge in [0.2, 0.25) is 0 Å². The van der Waals surface area contributed by atoms with Crippen molar-refractivity contribution in [1.29, 1.82) is 0 Å². The average molecular weight is 346 g/mol. The van der Waals surface area contributed by atoms with Crippen LogP contribution in [0.1, 0.15) is 37.3 Å². The molecule has 4 nitrogen and oxygen atoms in total. The minimum absolute atomic E-state index is 0.0680. The molecule has 0 aliphatic rings. The molecule has 0 aromatic heterocycles. The first-order chi connectivity index (χ1) is 11.4. The minimum atomic E-state index is -3.44. The monoisotopic (exact) mass is 346 g/mol. The second-order valence-corrected chi connectivity index (χ2v) is 7.99. The Balaban J connectivity index is 2.11. The van der Waals surface area contributed by atoms with Crippen molar-refractivity contribution in [1.82, 2.24) is 9.03 Å². The third-order valence-electron chi connectivity index (χ3n) is 4.23. The summed E-state index contributed by atoms with van der Waals surface area (Å²) < 4.78 is 28.5. The van der Waals surface area contributed by atoms with E-state index in [-0.39, 0.29) is 12.0 Å². The van der Waals surface area contributed by atoms with Gasteiger partial charge in [0, 0.05) is 25.6 Å². The molecular formula is C19H26N2O2S. The summed E-state index contributed by atoms with van der Waals surface area (Å²) in [6.45, 7) is 4.11. The van der Waals surface area contributed by atoms with E-state index in [4.69, 9.17) is 0 Å². The predicted molar refractivity (Wildman–Crippen MR) is 99.2 cm³/mol. The highest BCUT2D eigenvalue weighted by atomic mass is 32.2. The topological polar surface area (TPSA) is 49.4 Å². The summed E-state index contributed by atoms with van der Waals surface area (Å²) >= 11 is 0. The molecule has 0 saturated carbocycles. The first kappa shape index (κ1) is 18.6. The van der Waals surface area contributed by atoms with E-state index in [1.54, 1.807) is 7.05 Å². The van der Waals surface area contributed by atoms with Gasteiger partial charge in [-0.15, -0.1) is 0 Å². The zero-order valence-corrected chi connectivity index (χ0v) is 15.3. The standard InChI is InChI=1S/C19H26N2O2S/c1-16(2)21(3)24(22,23)20-15-14-19(17-10-6-4-7-11-17)18-12-8-5-9-13-18/h4-13,16,19-20H,14-15H2,1-3H3. The van der Waals surface area contributed by atoms with Crippen molar-refractivity contribution in [3.63, 3.8) is 0 Å². The molecule has 2 aromatic carbocycles. The predicted octanol–water partition coefficient (Wildman–Crippen LogP) is 3.38. The fourth-order valence-electron chi connectivity index (χ4n) is 2.61. The van der Waals surface area contributed by atoms with Gasteiger partial charge in [-0.3, -0.25) is 0 Å². The van der Waals surface area contributed by atoms with Crippen LogP contribution in [0, 0.1) is 0 Å². The summed E-state index contributed by atoms with van der Waals surface area (Å²) in [6, 6.07) is 20.3. The van der Waals surface area contributed by atoms with E-state index in [1.807, 2.05) is 50.2 Å². The van der Waals surface area contributed by atoms with Crippen molar-refractivity contribution in [2.45, 2.75) is 32.2 Å². The molecule has 0 bridgehead atoms. The molecular weight excluding hydrogens is 320 g/mol. The summed E-state index contributed by atoms with van der Waals surface area (Å²) in [7, 11) is -1.84. The molecule has 0 fully saturated rings. The van der Waals surface area contributed by atoms with Crippen LogP contribution >= 0.6 is 0 Å². The van der Waals surface area contributed by atoms with E-state index in [9.17, 15) is 8.42 Å². The SMILES string of the molecule is CC(C)N(C)S(=O)(=O)NCCC(c1ccccc1)c1ccccc1. The third kappa shape index (κ3) is 4.90. The lowest BCUT2D eigenvalue weighted by molar-refractivity contribution is 0.402. The van der Waals surface area contributed by atoms with E-state index in [2.05, 4.69) is 29.0 Å². The van der Waals surface area contributed by atoms with Crippen molar-refractivity contribution >= 4 is 10.2 Å². The Hall–Kier alpha value is -1.69. The molecule has 0 heterocycles. The normalized spacial score (nSPS) is 12.2. The van der Waals surface area contributed by atoms with Crippen molar-refractivity contribution in [3.05, 3.63) is 71.8 Å². The minimum Gasteiger partial charge on any atom is -0.202 e. The molecule has 130 valence electrons. The summed E-state index contributed by atoms with van der Waals surface area (Å²) in [5.41, 5.74) is 2.39. The fourth-order valence-corrected chi connectivity index (χ4v) is 3.74. The van der Waals surface area contributed by atoms with Crippen LogP contribution < -0.4 is 4.72 Å². The first-order valence-corrected chi connectivity index (χ1v) is 9.68. The van der Waals surface area contributed by atoms with E-state index in [0.717, 1.165) is 0 Å². The largest absolute Gasteiger partial charge is 0.279 e. The second-order valence-electron chi connectivity index (χ2n) is 6.17. The molecule has 0 atom stereocenters. The number of hydrogen-bond donors (Lipinski definition) is 1. The molecule has 2 aromatic rings. The van der Waals surface area contributed by atoms with Gasteiger partial charge in [0.15, 0.2) is 0 Å². The molecule has 0 radical (unpaired) electrons. The van der Waals surface area contributed by atoms with E-state index >= 15 is 0 Å². The van der Waals surface area contributed by atoms with Crippen molar-refractivity contribution in [3.8, 4) is 0 Å². The van der Waals surface area contributed by atoms with Crippen molar-refractivity contribution in [2.75, 3.05) is 13.6 Å². The zero-order valence-electron chi connectivity index (χ0n) is 14.5. The number of rotatable bonds is 8. The molecule has 24 heavy (non-hydrogen) atoms. The second kappa shape index (κ2) is 8.42. The molecule has 0 aliphatic carbocycles. The van der Waals surface area contributed by atoms with Gasteiger partial charge in [-0.1, -0.05) is 60.7 Å². The Morgan fingerprint density at radius 3 is 1.79 bits per heavy atom. The van der Waals surface area contributed by atoms with E-state index in [1.165, 1.54) is 15.4 Å². The quantitative estimate of drug-likeness (QED) is 0.796. The van der Waals surface area contributed by atoms with Crippen LogP contribution in [0.5, 0.6) is 0 Å². The van der Waals surface area contributed by atoms with Crippen LogP contribution in [0.15, 0.2) is 60.7 Å². The lowest BCUT2D eigenvalue weighted by atomic mass is 9.89. The maximum absolute atomic E-state index is 12.2. The van der Waals surface area contributed by atoms with Crippen LogP contribution in [0.25, 0.3) is 0 Å².